The Kier molecular flexibility index (Phi) is 3.10. The minimum absolute atomic E-state index is 0.403. The Morgan fingerprint density at radius 2 is 1.67 bits per heavy atom. The lowest BCUT2D eigenvalue weighted by molar-refractivity contribution is -0.113. The number of ether oxygens (including phenoxy) is 2. The average molecular weight is 283 g/mol. The highest BCUT2D eigenvalue weighted by Gasteiger charge is 2.37. The molecule has 0 N–H and O–H groups in total. The number of carbonyl (C=O) groups excluding carboxylic acids is 2. The molecule has 1 amide bonds. The van der Waals surface area contributed by atoms with Crippen LogP contribution >= 0.6 is 0 Å². The van der Waals surface area contributed by atoms with E-state index in [2.05, 4.69) is 0 Å². The molecule has 0 spiro atoms. The Balaban J connectivity index is 2.17. The van der Waals surface area contributed by atoms with Crippen LogP contribution < -0.4 is 14.4 Å². The number of amides is 1. The first-order valence-corrected chi connectivity index (χ1v) is 6.37. The number of benzene rings is 2. The first kappa shape index (κ1) is 13.2. The van der Waals surface area contributed by atoms with Crippen LogP contribution in [-0.4, -0.2) is 25.9 Å². The number of anilines is 2. The molecule has 5 heteroatoms. The normalized spacial score (nSPS) is 13.3. The Morgan fingerprint density at radius 1 is 0.905 bits per heavy atom. The molecule has 1 heterocycles. The summed E-state index contributed by atoms with van der Waals surface area (Å²) in [7, 11) is 3.06. The van der Waals surface area contributed by atoms with Gasteiger partial charge < -0.3 is 9.47 Å². The first-order valence-electron chi connectivity index (χ1n) is 6.37. The molecule has 106 valence electrons. The van der Waals surface area contributed by atoms with Crippen molar-refractivity contribution in [1.29, 1.82) is 0 Å². The predicted octanol–water partition coefficient (Wildman–Crippen LogP) is 2.56. The second-order valence-corrected chi connectivity index (χ2v) is 4.52. The Morgan fingerprint density at radius 3 is 2.38 bits per heavy atom. The van der Waals surface area contributed by atoms with Crippen LogP contribution in [0, 0.1) is 0 Å². The molecular weight excluding hydrogens is 270 g/mol. The van der Waals surface area contributed by atoms with Gasteiger partial charge in [-0.3, -0.25) is 14.5 Å². The maximum atomic E-state index is 12.3. The van der Waals surface area contributed by atoms with Crippen molar-refractivity contribution in [1.82, 2.24) is 0 Å². The van der Waals surface area contributed by atoms with Crippen molar-refractivity contribution in [2.75, 3.05) is 19.1 Å². The highest BCUT2D eigenvalue weighted by atomic mass is 16.5. The van der Waals surface area contributed by atoms with Crippen LogP contribution in [0.15, 0.2) is 42.5 Å². The molecule has 1 aliphatic rings. The van der Waals surface area contributed by atoms with Gasteiger partial charge in [-0.1, -0.05) is 12.1 Å². The van der Waals surface area contributed by atoms with Gasteiger partial charge in [0.15, 0.2) is 0 Å². The molecule has 2 aromatic rings. The van der Waals surface area contributed by atoms with Crippen molar-refractivity contribution < 1.29 is 19.1 Å². The molecule has 0 fully saturated rings. The molecule has 0 atom stereocenters. The van der Waals surface area contributed by atoms with Gasteiger partial charge in [-0.2, -0.15) is 0 Å². The second-order valence-electron chi connectivity index (χ2n) is 4.52. The van der Waals surface area contributed by atoms with Crippen molar-refractivity contribution >= 4 is 23.1 Å². The molecule has 5 nitrogen and oxygen atoms in total. The van der Waals surface area contributed by atoms with E-state index < -0.39 is 11.7 Å². The van der Waals surface area contributed by atoms with E-state index in [9.17, 15) is 9.59 Å². The van der Waals surface area contributed by atoms with Crippen molar-refractivity contribution in [2.45, 2.75) is 0 Å². The highest BCUT2D eigenvalue weighted by Crippen LogP contribution is 2.41. The number of methoxy groups -OCH3 is 2. The Hall–Kier alpha value is -2.82. The average Bonchev–Trinajstić information content (AvgIpc) is 2.79. The van der Waals surface area contributed by atoms with Gasteiger partial charge in [-0.25, -0.2) is 0 Å². The fraction of sp³-hybridized carbons (Fsp3) is 0.125. The van der Waals surface area contributed by atoms with Crippen LogP contribution in [0.1, 0.15) is 10.4 Å². The summed E-state index contributed by atoms with van der Waals surface area (Å²) in [6.45, 7) is 0. The monoisotopic (exact) mass is 283 g/mol. The van der Waals surface area contributed by atoms with Crippen molar-refractivity contribution in [3.8, 4) is 11.5 Å². The summed E-state index contributed by atoms with van der Waals surface area (Å²) in [6, 6.07) is 12.0. The third kappa shape index (κ3) is 1.94. The molecule has 21 heavy (non-hydrogen) atoms. The number of hydrogen-bond acceptors (Lipinski definition) is 4. The van der Waals surface area contributed by atoms with Gasteiger partial charge >= 0.3 is 5.91 Å². The van der Waals surface area contributed by atoms with Gasteiger partial charge in [0.05, 0.1) is 31.2 Å². The number of Topliss-reactive ketones (excluding diaryl/α,β-unsaturated/α-hetero) is 1. The number of rotatable bonds is 3. The van der Waals surface area contributed by atoms with E-state index >= 15 is 0 Å². The van der Waals surface area contributed by atoms with Crippen molar-refractivity contribution in [3.05, 3.63) is 48.0 Å². The number of fused-ring (bicyclic) bond motifs is 1. The standard InChI is InChI=1S/C16H13NO4/c1-20-10-7-8-13(14(9-10)21-2)17-12-6-4-3-5-11(12)15(18)16(17)19/h3-9H,1-2H3. The number of para-hydroxylation sites is 1. The smallest absolute Gasteiger partial charge is 0.304 e. The molecule has 0 bridgehead atoms. The molecule has 0 unspecified atom stereocenters. The molecular formula is C16H13NO4. The highest BCUT2D eigenvalue weighted by molar-refractivity contribution is 6.53. The van der Waals surface area contributed by atoms with E-state index in [1.54, 1.807) is 49.6 Å². The SMILES string of the molecule is COc1ccc(N2C(=O)C(=O)c3ccccc32)c(OC)c1. The molecule has 0 aromatic heterocycles. The number of hydrogen-bond donors (Lipinski definition) is 0. The molecule has 0 saturated carbocycles. The summed E-state index contributed by atoms with van der Waals surface area (Å²) in [5.41, 5.74) is 1.48. The van der Waals surface area contributed by atoms with Gasteiger partial charge in [0.2, 0.25) is 0 Å². The zero-order chi connectivity index (χ0) is 15.0. The van der Waals surface area contributed by atoms with E-state index in [0.29, 0.717) is 28.4 Å². The van der Waals surface area contributed by atoms with Crippen LogP contribution in [0.25, 0.3) is 0 Å². The molecule has 2 aromatic carbocycles. The number of ketones is 1. The maximum absolute atomic E-state index is 12.3. The third-order valence-corrected chi connectivity index (χ3v) is 3.41. The fourth-order valence-electron chi connectivity index (χ4n) is 2.40. The molecule has 0 aliphatic carbocycles. The van der Waals surface area contributed by atoms with Crippen LogP contribution in [0.4, 0.5) is 11.4 Å². The van der Waals surface area contributed by atoms with Gasteiger partial charge in [-0.15, -0.1) is 0 Å². The summed E-state index contributed by atoms with van der Waals surface area (Å²) in [5, 5.41) is 0. The Bertz CT molecular complexity index is 739. The summed E-state index contributed by atoms with van der Waals surface area (Å²) in [4.78, 5) is 25.7. The maximum Gasteiger partial charge on any atom is 0.304 e. The minimum atomic E-state index is -0.584. The first-order chi connectivity index (χ1) is 10.2. The van der Waals surface area contributed by atoms with Crippen LogP contribution in [0.3, 0.4) is 0 Å². The van der Waals surface area contributed by atoms with E-state index in [1.807, 2.05) is 0 Å². The number of carbonyl (C=O) groups is 2. The van der Waals surface area contributed by atoms with Crippen molar-refractivity contribution in [3.63, 3.8) is 0 Å². The largest absolute Gasteiger partial charge is 0.497 e. The van der Waals surface area contributed by atoms with E-state index in [4.69, 9.17) is 9.47 Å². The summed E-state index contributed by atoms with van der Waals surface area (Å²) < 4.78 is 10.5. The third-order valence-electron chi connectivity index (χ3n) is 3.41. The summed E-state index contributed by atoms with van der Waals surface area (Å²) in [5.74, 6) is -0.0165. The Labute approximate surface area is 121 Å². The van der Waals surface area contributed by atoms with E-state index in [1.165, 1.54) is 12.0 Å². The number of nitrogens with zero attached hydrogens (tertiary/aromatic N) is 1. The summed E-state index contributed by atoms with van der Waals surface area (Å²) >= 11 is 0. The second kappa shape index (κ2) is 4.94. The molecule has 0 saturated heterocycles. The van der Waals surface area contributed by atoms with Gasteiger partial charge in [0, 0.05) is 6.07 Å². The van der Waals surface area contributed by atoms with Gasteiger partial charge in [0.25, 0.3) is 5.78 Å². The zero-order valence-electron chi connectivity index (χ0n) is 11.6. The van der Waals surface area contributed by atoms with Gasteiger partial charge in [-0.05, 0) is 24.3 Å². The minimum Gasteiger partial charge on any atom is -0.497 e. The quantitative estimate of drug-likeness (QED) is 0.812. The van der Waals surface area contributed by atoms with E-state index in [-0.39, 0.29) is 0 Å². The molecule has 0 radical (unpaired) electrons. The topological polar surface area (TPSA) is 55.8 Å². The van der Waals surface area contributed by atoms with E-state index in [0.717, 1.165) is 0 Å². The van der Waals surface area contributed by atoms with Crippen molar-refractivity contribution in [2.24, 2.45) is 0 Å². The van der Waals surface area contributed by atoms with Gasteiger partial charge in [0.1, 0.15) is 11.5 Å². The summed E-state index contributed by atoms with van der Waals surface area (Å²) in [6.07, 6.45) is 0. The van der Waals surface area contributed by atoms with Crippen LogP contribution in [0.2, 0.25) is 0 Å². The molecule has 1 aliphatic heterocycles. The lowest BCUT2D eigenvalue weighted by Gasteiger charge is -2.19. The van der Waals surface area contributed by atoms with Crippen LogP contribution in [0.5, 0.6) is 11.5 Å². The van der Waals surface area contributed by atoms with Crippen LogP contribution in [-0.2, 0) is 4.79 Å². The predicted molar refractivity (Wildman–Crippen MR) is 77.5 cm³/mol. The lowest BCUT2D eigenvalue weighted by atomic mass is 10.1. The zero-order valence-corrected chi connectivity index (χ0v) is 11.6. The molecule has 3 rings (SSSR count). The lowest BCUT2D eigenvalue weighted by Crippen LogP contribution is -2.25. The fourth-order valence-corrected chi connectivity index (χ4v) is 2.40.